The van der Waals surface area contributed by atoms with Crippen LogP contribution in [-0.2, 0) is 7.05 Å². The molecule has 94 valence electrons. The number of carbonyl (C=O) groups is 1. The van der Waals surface area contributed by atoms with E-state index in [0.29, 0.717) is 5.69 Å². The van der Waals surface area contributed by atoms with Crippen LogP contribution >= 0.6 is 0 Å². The third-order valence-electron chi connectivity index (χ3n) is 2.70. The molecule has 0 unspecified atom stereocenters. The molecule has 1 amide bonds. The van der Waals surface area contributed by atoms with Gasteiger partial charge in [-0.3, -0.25) is 9.48 Å². The van der Waals surface area contributed by atoms with E-state index < -0.39 is 0 Å². The summed E-state index contributed by atoms with van der Waals surface area (Å²) in [5.41, 5.74) is 2.40. The van der Waals surface area contributed by atoms with Crippen molar-refractivity contribution in [1.29, 1.82) is 0 Å². The first-order valence-corrected chi connectivity index (χ1v) is 5.64. The van der Waals surface area contributed by atoms with Crippen molar-refractivity contribution < 1.29 is 4.79 Å². The topological polar surface area (TPSA) is 50.2 Å². The standard InChI is InChI=1S/C13H16N4O/c1-16(2)11-6-4-10(5-7-11)15-13(18)12-8-9-14-17(12)3/h4-9H,1-3H3,(H,15,18). The molecule has 5 heteroatoms. The summed E-state index contributed by atoms with van der Waals surface area (Å²) in [6, 6.07) is 9.36. The zero-order valence-electron chi connectivity index (χ0n) is 10.7. The maximum absolute atomic E-state index is 11.9. The van der Waals surface area contributed by atoms with Crippen LogP contribution in [0.5, 0.6) is 0 Å². The summed E-state index contributed by atoms with van der Waals surface area (Å²) >= 11 is 0. The van der Waals surface area contributed by atoms with E-state index in [9.17, 15) is 4.79 Å². The second kappa shape index (κ2) is 4.91. The van der Waals surface area contributed by atoms with Gasteiger partial charge in [0.05, 0.1) is 0 Å². The highest BCUT2D eigenvalue weighted by molar-refractivity contribution is 6.03. The quantitative estimate of drug-likeness (QED) is 0.894. The maximum atomic E-state index is 11.9. The monoisotopic (exact) mass is 244 g/mol. The highest BCUT2D eigenvalue weighted by Crippen LogP contribution is 2.16. The van der Waals surface area contributed by atoms with Crippen molar-refractivity contribution in [3.8, 4) is 0 Å². The molecule has 0 radical (unpaired) electrons. The minimum atomic E-state index is -0.160. The van der Waals surface area contributed by atoms with E-state index >= 15 is 0 Å². The minimum Gasteiger partial charge on any atom is -0.378 e. The lowest BCUT2D eigenvalue weighted by molar-refractivity contribution is 0.101. The molecule has 1 N–H and O–H groups in total. The lowest BCUT2D eigenvalue weighted by Crippen LogP contribution is -2.16. The van der Waals surface area contributed by atoms with Crippen molar-refractivity contribution in [2.45, 2.75) is 0 Å². The van der Waals surface area contributed by atoms with Crippen molar-refractivity contribution in [3.63, 3.8) is 0 Å². The molecule has 1 aromatic carbocycles. The maximum Gasteiger partial charge on any atom is 0.273 e. The van der Waals surface area contributed by atoms with Crippen LogP contribution in [0.4, 0.5) is 11.4 Å². The van der Waals surface area contributed by atoms with Crippen LogP contribution in [0.25, 0.3) is 0 Å². The number of hydrogen-bond donors (Lipinski definition) is 1. The van der Waals surface area contributed by atoms with Crippen molar-refractivity contribution in [1.82, 2.24) is 9.78 Å². The molecule has 0 bridgehead atoms. The number of rotatable bonds is 3. The SMILES string of the molecule is CN(C)c1ccc(NC(=O)c2ccnn2C)cc1. The van der Waals surface area contributed by atoms with Crippen molar-refractivity contribution in [3.05, 3.63) is 42.2 Å². The predicted octanol–water partition coefficient (Wildman–Crippen LogP) is 1.74. The Labute approximate surface area is 106 Å². The Morgan fingerprint density at radius 1 is 1.22 bits per heavy atom. The average molecular weight is 244 g/mol. The van der Waals surface area contributed by atoms with E-state index in [1.165, 1.54) is 0 Å². The van der Waals surface area contributed by atoms with Gasteiger partial charge in [0.2, 0.25) is 0 Å². The molecule has 0 saturated heterocycles. The van der Waals surface area contributed by atoms with Gasteiger partial charge < -0.3 is 10.2 Å². The van der Waals surface area contributed by atoms with Gasteiger partial charge in [-0.1, -0.05) is 0 Å². The van der Waals surface area contributed by atoms with Gasteiger partial charge in [-0.25, -0.2) is 0 Å². The molecule has 0 saturated carbocycles. The van der Waals surface area contributed by atoms with E-state index in [4.69, 9.17) is 0 Å². The second-order valence-corrected chi connectivity index (χ2v) is 4.24. The first kappa shape index (κ1) is 12.2. The van der Waals surface area contributed by atoms with E-state index in [1.54, 1.807) is 24.0 Å². The zero-order chi connectivity index (χ0) is 13.1. The van der Waals surface area contributed by atoms with Crippen LogP contribution in [0.15, 0.2) is 36.5 Å². The summed E-state index contributed by atoms with van der Waals surface area (Å²) < 4.78 is 1.55. The first-order valence-electron chi connectivity index (χ1n) is 5.64. The summed E-state index contributed by atoms with van der Waals surface area (Å²) in [6.07, 6.45) is 1.60. The Balaban J connectivity index is 2.10. The van der Waals surface area contributed by atoms with Crippen LogP contribution in [0.3, 0.4) is 0 Å². The molecule has 2 rings (SSSR count). The van der Waals surface area contributed by atoms with Gasteiger partial charge in [0.1, 0.15) is 5.69 Å². The molecule has 0 aliphatic rings. The van der Waals surface area contributed by atoms with Gasteiger partial charge in [0.15, 0.2) is 0 Å². The summed E-state index contributed by atoms with van der Waals surface area (Å²) in [6.45, 7) is 0. The van der Waals surface area contributed by atoms with Crippen molar-refractivity contribution in [2.24, 2.45) is 7.05 Å². The van der Waals surface area contributed by atoms with E-state index in [-0.39, 0.29) is 5.91 Å². The fourth-order valence-electron chi connectivity index (χ4n) is 1.63. The number of aromatic nitrogens is 2. The fourth-order valence-corrected chi connectivity index (χ4v) is 1.63. The fraction of sp³-hybridized carbons (Fsp3) is 0.231. The number of benzene rings is 1. The molecular weight excluding hydrogens is 228 g/mol. The molecule has 0 aliphatic heterocycles. The molecule has 2 aromatic rings. The molecule has 0 fully saturated rings. The number of anilines is 2. The smallest absolute Gasteiger partial charge is 0.273 e. The number of carbonyl (C=O) groups excluding carboxylic acids is 1. The molecular formula is C13H16N4O. The van der Waals surface area contributed by atoms with Gasteiger partial charge in [0.25, 0.3) is 5.91 Å². The van der Waals surface area contributed by atoms with Gasteiger partial charge in [0, 0.05) is 38.7 Å². The van der Waals surface area contributed by atoms with E-state index in [2.05, 4.69) is 10.4 Å². The van der Waals surface area contributed by atoms with Crippen molar-refractivity contribution in [2.75, 3.05) is 24.3 Å². The van der Waals surface area contributed by atoms with Crippen LogP contribution in [0, 0.1) is 0 Å². The van der Waals surface area contributed by atoms with Crippen LogP contribution < -0.4 is 10.2 Å². The van der Waals surface area contributed by atoms with Gasteiger partial charge in [-0.05, 0) is 30.3 Å². The number of nitrogens with one attached hydrogen (secondary N) is 1. The number of amides is 1. The highest BCUT2D eigenvalue weighted by Gasteiger charge is 2.09. The largest absolute Gasteiger partial charge is 0.378 e. The lowest BCUT2D eigenvalue weighted by atomic mass is 10.2. The molecule has 0 atom stereocenters. The Bertz CT molecular complexity index is 542. The molecule has 18 heavy (non-hydrogen) atoms. The van der Waals surface area contributed by atoms with Crippen LogP contribution in [0.2, 0.25) is 0 Å². The van der Waals surface area contributed by atoms with Crippen LogP contribution in [0.1, 0.15) is 10.5 Å². The zero-order valence-corrected chi connectivity index (χ0v) is 10.7. The van der Waals surface area contributed by atoms with E-state index in [1.807, 2.05) is 43.3 Å². The normalized spacial score (nSPS) is 10.2. The average Bonchev–Trinajstić information content (AvgIpc) is 2.76. The highest BCUT2D eigenvalue weighted by atomic mass is 16.2. The summed E-state index contributed by atoms with van der Waals surface area (Å²) in [4.78, 5) is 13.9. The van der Waals surface area contributed by atoms with Gasteiger partial charge >= 0.3 is 0 Å². The summed E-state index contributed by atoms with van der Waals surface area (Å²) in [5, 5.41) is 6.80. The Hall–Kier alpha value is -2.30. The molecule has 0 spiro atoms. The molecule has 1 heterocycles. The summed E-state index contributed by atoms with van der Waals surface area (Å²) in [7, 11) is 5.69. The second-order valence-electron chi connectivity index (χ2n) is 4.24. The predicted molar refractivity (Wildman–Crippen MR) is 71.9 cm³/mol. The van der Waals surface area contributed by atoms with Gasteiger partial charge in [-0.15, -0.1) is 0 Å². The first-order chi connectivity index (χ1) is 8.58. The molecule has 1 aromatic heterocycles. The molecule has 0 aliphatic carbocycles. The number of hydrogen-bond acceptors (Lipinski definition) is 3. The number of aryl methyl sites for hydroxylation is 1. The Kier molecular flexibility index (Phi) is 3.32. The number of nitrogens with zero attached hydrogens (tertiary/aromatic N) is 3. The third-order valence-corrected chi connectivity index (χ3v) is 2.70. The van der Waals surface area contributed by atoms with Crippen LogP contribution in [-0.4, -0.2) is 29.8 Å². The van der Waals surface area contributed by atoms with E-state index in [0.717, 1.165) is 11.4 Å². The van der Waals surface area contributed by atoms with Gasteiger partial charge in [-0.2, -0.15) is 5.10 Å². The van der Waals surface area contributed by atoms with Crippen molar-refractivity contribution >= 4 is 17.3 Å². The lowest BCUT2D eigenvalue weighted by Gasteiger charge is -2.13. The minimum absolute atomic E-state index is 0.160. The summed E-state index contributed by atoms with van der Waals surface area (Å²) in [5.74, 6) is -0.160. The Morgan fingerprint density at radius 3 is 2.39 bits per heavy atom. The third kappa shape index (κ3) is 2.51. The Morgan fingerprint density at radius 2 is 1.89 bits per heavy atom. The molecule has 5 nitrogen and oxygen atoms in total.